The highest BCUT2D eigenvalue weighted by molar-refractivity contribution is 5.77. The van der Waals surface area contributed by atoms with Gasteiger partial charge in [0.1, 0.15) is 11.2 Å². The summed E-state index contributed by atoms with van der Waals surface area (Å²) in [4.78, 5) is 4.65. The zero-order valence-electron chi connectivity index (χ0n) is 11.5. The molecule has 1 aliphatic heterocycles. The van der Waals surface area contributed by atoms with Gasteiger partial charge in [-0.2, -0.15) is 5.26 Å². The van der Waals surface area contributed by atoms with Gasteiger partial charge in [0.05, 0.1) is 30.3 Å². The van der Waals surface area contributed by atoms with Gasteiger partial charge in [-0.05, 0) is 17.7 Å². The zero-order chi connectivity index (χ0) is 13.6. The molecule has 0 amide bonds. The van der Waals surface area contributed by atoms with Crippen molar-refractivity contribution < 1.29 is 4.74 Å². The lowest BCUT2D eigenvalue weighted by molar-refractivity contribution is -0.0297. The maximum atomic E-state index is 9.37. The van der Waals surface area contributed by atoms with Crippen molar-refractivity contribution in [3.8, 4) is 6.07 Å². The molecule has 0 unspecified atom stereocenters. The first-order valence-electron chi connectivity index (χ1n) is 6.53. The number of nitriles is 1. The van der Waals surface area contributed by atoms with E-state index >= 15 is 0 Å². The summed E-state index contributed by atoms with van der Waals surface area (Å²) in [5.41, 5.74) is 2.65. The Labute approximate surface area is 112 Å². The van der Waals surface area contributed by atoms with Crippen LogP contribution in [-0.2, 0) is 17.2 Å². The summed E-state index contributed by atoms with van der Waals surface area (Å²) in [6.45, 7) is 5.26. The summed E-state index contributed by atoms with van der Waals surface area (Å²) in [7, 11) is 2.03. The summed E-state index contributed by atoms with van der Waals surface area (Å²) in [6, 6.07) is 8.49. The van der Waals surface area contributed by atoms with Crippen LogP contribution in [0.15, 0.2) is 18.2 Å². The van der Waals surface area contributed by atoms with Crippen molar-refractivity contribution >= 4 is 11.0 Å². The second-order valence-corrected chi connectivity index (χ2v) is 5.57. The van der Waals surface area contributed by atoms with Crippen LogP contribution in [0.3, 0.4) is 0 Å². The quantitative estimate of drug-likeness (QED) is 0.828. The van der Waals surface area contributed by atoms with Gasteiger partial charge < -0.3 is 9.30 Å². The van der Waals surface area contributed by atoms with Crippen molar-refractivity contribution in [2.45, 2.75) is 25.2 Å². The minimum Gasteiger partial charge on any atom is -0.377 e. The number of imidazole rings is 1. The average Bonchev–Trinajstić information content (AvgIpc) is 2.67. The number of fused-ring (bicyclic) bond motifs is 1. The molecule has 98 valence electrons. The first kappa shape index (κ1) is 12.2. The van der Waals surface area contributed by atoms with Crippen molar-refractivity contribution in [1.29, 1.82) is 5.26 Å². The highest BCUT2D eigenvalue weighted by atomic mass is 16.5. The lowest BCUT2D eigenvalue weighted by Crippen LogP contribution is -2.45. The Kier molecular flexibility index (Phi) is 2.61. The first-order valence-corrected chi connectivity index (χ1v) is 6.53. The second-order valence-electron chi connectivity index (χ2n) is 5.57. The number of aryl methyl sites for hydroxylation is 1. The predicted molar refractivity (Wildman–Crippen MR) is 72.9 cm³/mol. The molecule has 0 N–H and O–H groups in total. The topological polar surface area (TPSA) is 50.8 Å². The number of benzene rings is 1. The SMILES string of the molecule is CC(C)c1nc2ccc(C3(C#N)COC3)cc2n1C. The summed E-state index contributed by atoms with van der Waals surface area (Å²) in [5, 5.41) is 9.37. The lowest BCUT2D eigenvalue weighted by Gasteiger charge is -2.35. The Balaban J connectivity index is 2.16. The number of rotatable bonds is 2. The molecule has 1 fully saturated rings. The minimum absolute atomic E-state index is 0.387. The molecule has 0 saturated carbocycles. The molecule has 1 saturated heterocycles. The fraction of sp³-hybridized carbons (Fsp3) is 0.467. The van der Waals surface area contributed by atoms with Crippen LogP contribution in [0.4, 0.5) is 0 Å². The smallest absolute Gasteiger partial charge is 0.129 e. The monoisotopic (exact) mass is 255 g/mol. The Morgan fingerprint density at radius 2 is 2.16 bits per heavy atom. The largest absolute Gasteiger partial charge is 0.377 e. The normalized spacial score (nSPS) is 17.4. The highest BCUT2D eigenvalue weighted by Gasteiger charge is 2.41. The standard InChI is InChI=1S/C15H17N3O/c1-10(2)14-17-12-5-4-11(6-13(12)18(14)3)15(7-16)8-19-9-15/h4-6,10H,8-9H2,1-3H3. The van der Waals surface area contributed by atoms with Gasteiger partial charge >= 0.3 is 0 Å². The van der Waals surface area contributed by atoms with Crippen LogP contribution < -0.4 is 0 Å². The average molecular weight is 255 g/mol. The summed E-state index contributed by atoms with van der Waals surface area (Å²) in [5.74, 6) is 1.46. The number of nitrogens with zero attached hydrogens (tertiary/aromatic N) is 3. The van der Waals surface area contributed by atoms with Gasteiger partial charge in [0.15, 0.2) is 0 Å². The Bertz CT molecular complexity index is 674. The van der Waals surface area contributed by atoms with Gasteiger partial charge in [0, 0.05) is 13.0 Å². The third-order valence-corrected chi connectivity index (χ3v) is 3.90. The number of aromatic nitrogens is 2. The van der Waals surface area contributed by atoms with Crippen molar-refractivity contribution in [3.05, 3.63) is 29.6 Å². The first-order chi connectivity index (χ1) is 9.07. The van der Waals surface area contributed by atoms with E-state index in [9.17, 15) is 5.26 Å². The number of ether oxygens (including phenoxy) is 1. The van der Waals surface area contributed by atoms with E-state index in [4.69, 9.17) is 4.74 Å². The van der Waals surface area contributed by atoms with Crippen molar-refractivity contribution in [2.24, 2.45) is 7.05 Å². The van der Waals surface area contributed by atoms with Gasteiger partial charge in [-0.15, -0.1) is 0 Å². The summed E-state index contributed by atoms with van der Waals surface area (Å²) < 4.78 is 7.34. The number of hydrogen-bond donors (Lipinski definition) is 0. The molecule has 0 aliphatic carbocycles. The van der Waals surface area contributed by atoms with Gasteiger partial charge in [-0.1, -0.05) is 19.9 Å². The number of hydrogen-bond acceptors (Lipinski definition) is 3. The molecule has 4 nitrogen and oxygen atoms in total. The Morgan fingerprint density at radius 3 is 2.68 bits per heavy atom. The van der Waals surface area contributed by atoms with Crippen LogP contribution in [0.1, 0.15) is 31.2 Å². The van der Waals surface area contributed by atoms with E-state index < -0.39 is 5.41 Å². The van der Waals surface area contributed by atoms with Crippen molar-refractivity contribution in [3.63, 3.8) is 0 Å². The fourth-order valence-corrected chi connectivity index (χ4v) is 2.62. The van der Waals surface area contributed by atoms with Crippen molar-refractivity contribution in [2.75, 3.05) is 13.2 Å². The van der Waals surface area contributed by atoms with Crippen molar-refractivity contribution in [1.82, 2.24) is 9.55 Å². The summed E-state index contributed by atoms with van der Waals surface area (Å²) in [6.07, 6.45) is 0. The van der Waals surface area contributed by atoms with Gasteiger partial charge in [-0.3, -0.25) is 0 Å². The maximum absolute atomic E-state index is 9.37. The molecule has 2 aromatic rings. The lowest BCUT2D eigenvalue weighted by atomic mass is 9.80. The van der Waals surface area contributed by atoms with Gasteiger partial charge in [0.2, 0.25) is 0 Å². The van der Waals surface area contributed by atoms with E-state index in [0.717, 1.165) is 22.4 Å². The molecular weight excluding hydrogens is 238 g/mol. The minimum atomic E-state index is -0.462. The maximum Gasteiger partial charge on any atom is 0.129 e. The molecule has 0 bridgehead atoms. The fourth-order valence-electron chi connectivity index (χ4n) is 2.62. The molecule has 19 heavy (non-hydrogen) atoms. The van der Waals surface area contributed by atoms with Gasteiger partial charge in [0.25, 0.3) is 0 Å². The Morgan fingerprint density at radius 1 is 1.42 bits per heavy atom. The molecule has 1 aromatic carbocycles. The van der Waals surface area contributed by atoms with E-state index in [1.54, 1.807) is 0 Å². The molecule has 0 spiro atoms. The van der Waals surface area contributed by atoms with Crippen LogP contribution in [0, 0.1) is 11.3 Å². The molecule has 2 heterocycles. The van der Waals surface area contributed by atoms with Crippen LogP contribution in [0.5, 0.6) is 0 Å². The van der Waals surface area contributed by atoms with E-state index in [-0.39, 0.29) is 0 Å². The molecule has 3 rings (SSSR count). The van der Waals surface area contributed by atoms with E-state index in [2.05, 4.69) is 35.5 Å². The van der Waals surface area contributed by atoms with E-state index in [1.807, 2.05) is 19.2 Å². The molecule has 0 radical (unpaired) electrons. The Hall–Kier alpha value is -1.86. The predicted octanol–water partition coefficient (Wildman–Crippen LogP) is 2.49. The molecule has 1 aromatic heterocycles. The van der Waals surface area contributed by atoms with Gasteiger partial charge in [-0.25, -0.2) is 4.98 Å². The van der Waals surface area contributed by atoms with Crippen LogP contribution >= 0.6 is 0 Å². The van der Waals surface area contributed by atoms with Crippen LogP contribution in [-0.4, -0.2) is 22.8 Å². The molecule has 4 heteroatoms. The zero-order valence-corrected chi connectivity index (χ0v) is 11.5. The van der Waals surface area contributed by atoms with Crippen LogP contribution in [0.2, 0.25) is 0 Å². The van der Waals surface area contributed by atoms with E-state index in [0.29, 0.717) is 19.1 Å². The molecule has 1 aliphatic rings. The third-order valence-electron chi connectivity index (χ3n) is 3.90. The van der Waals surface area contributed by atoms with E-state index in [1.165, 1.54) is 0 Å². The molecule has 0 atom stereocenters. The highest BCUT2D eigenvalue weighted by Crippen LogP contribution is 2.33. The molecular formula is C15H17N3O. The summed E-state index contributed by atoms with van der Waals surface area (Å²) >= 11 is 0. The third kappa shape index (κ3) is 1.66. The second kappa shape index (κ2) is 4.07. The van der Waals surface area contributed by atoms with Crippen LogP contribution in [0.25, 0.3) is 11.0 Å².